The van der Waals surface area contributed by atoms with Crippen molar-refractivity contribution < 1.29 is 4.79 Å². The molecule has 1 saturated heterocycles. The summed E-state index contributed by atoms with van der Waals surface area (Å²) in [5.41, 5.74) is 5.26. The fourth-order valence-electron chi connectivity index (χ4n) is 2.40. The number of rotatable bonds is 2. The Hall–Kier alpha value is -0.290. The van der Waals surface area contributed by atoms with Gasteiger partial charge >= 0.3 is 0 Å². The van der Waals surface area contributed by atoms with E-state index in [9.17, 15) is 4.79 Å². The SMILES string of the molecule is CC1CN(C(=O)C2(C(N)=S)CCC2)CCS1. The molecule has 1 saturated carbocycles. The van der Waals surface area contributed by atoms with Gasteiger partial charge in [-0.15, -0.1) is 0 Å². The van der Waals surface area contributed by atoms with Gasteiger partial charge < -0.3 is 10.6 Å². The zero-order chi connectivity index (χ0) is 11.8. The molecular weight excluding hydrogens is 240 g/mol. The molecule has 0 bridgehead atoms. The van der Waals surface area contributed by atoms with Crippen LogP contribution in [0.15, 0.2) is 0 Å². The van der Waals surface area contributed by atoms with E-state index in [1.54, 1.807) is 0 Å². The van der Waals surface area contributed by atoms with E-state index in [0.29, 0.717) is 10.2 Å². The van der Waals surface area contributed by atoms with Crippen LogP contribution in [0.25, 0.3) is 0 Å². The van der Waals surface area contributed by atoms with Gasteiger partial charge in [-0.1, -0.05) is 25.6 Å². The molecule has 0 spiro atoms. The molecule has 1 unspecified atom stereocenters. The first-order chi connectivity index (χ1) is 7.56. The van der Waals surface area contributed by atoms with E-state index in [-0.39, 0.29) is 5.91 Å². The Labute approximate surface area is 106 Å². The molecule has 0 radical (unpaired) electrons. The molecule has 2 fully saturated rings. The van der Waals surface area contributed by atoms with Crippen molar-refractivity contribution in [1.82, 2.24) is 4.90 Å². The lowest BCUT2D eigenvalue weighted by Gasteiger charge is -2.44. The molecule has 2 aliphatic rings. The predicted molar refractivity (Wildman–Crippen MR) is 71.6 cm³/mol. The van der Waals surface area contributed by atoms with Crippen LogP contribution in [0.4, 0.5) is 0 Å². The Morgan fingerprint density at radius 3 is 2.69 bits per heavy atom. The topological polar surface area (TPSA) is 46.3 Å². The van der Waals surface area contributed by atoms with E-state index in [1.807, 2.05) is 16.7 Å². The minimum absolute atomic E-state index is 0.179. The van der Waals surface area contributed by atoms with Gasteiger partial charge in [-0.05, 0) is 12.8 Å². The molecule has 0 aromatic carbocycles. The largest absolute Gasteiger partial charge is 0.392 e. The highest BCUT2D eigenvalue weighted by Gasteiger charge is 2.49. The van der Waals surface area contributed by atoms with Crippen LogP contribution in [0.3, 0.4) is 0 Å². The van der Waals surface area contributed by atoms with Crippen molar-refractivity contribution in [2.75, 3.05) is 18.8 Å². The molecule has 2 rings (SSSR count). The zero-order valence-electron chi connectivity index (χ0n) is 9.57. The van der Waals surface area contributed by atoms with E-state index in [2.05, 4.69) is 6.92 Å². The third kappa shape index (κ3) is 1.95. The molecule has 1 heterocycles. The molecule has 5 heteroatoms. The quantitative estimate of drug-likeness (QED) is 0.761. The summed E-state index contributed by atoms with van der Waals surface area (Å²) >= 11 is 7.01. The second-order valence-corrected chi connectivity index (χ2v) is 6.72. The van der Waals surface area contributed by atoms with Gasteiger partial charge in [0.05, 0.1) is 10.4 Å². The second-order valence-electron chi connectivity index (χ2n) is 4.73. The zero-order valence-corrected chi connectivity index (χ0v) is 11.2. The number of nitrogens with two attached hydrogens (primary N) is 1. The van der Waals surface area contributed by atoms with Gasteiger partial charge in [0.25, 0.3) is 0 Å². The first-order valence-corrected chi connectivity index (χ1v) is 7.23. The number of amides is 1. The maximum Gasteiger partial charge on any atom is 0.235 e. The summed E-state index contributed by atoms with van der Waals surface area (Å²) in [4.78, 5) is 14.8. The summed E-state index contributed by atoms with van der Waals surface area (Å²) in [6, 6.07) is 0. The highest BCUT2D eigenvalue weighted by Crippen LogP contribution is 2.43. The number of carbonyl (C=O) groups excluding carboxylic acids is 1. The second kappa shape index (κ2) is 4.53. The molecule has 1 amide bonds. The summed E-state index contributed by atoms with van der Waals surface area (Å²) in [5.74, 6) is 1.21. The Morgan fingerprint density at radius 1 is 1.56 bits per heavy atom. The summed E-state index contributed by atoms with van der Waals surface area (Å²) in [7, 11) is 0. The number of hydrogen-bond acceptors (Lipinski definition) is 3. The lowest BCUT2D eigenvalue weighted by Crippen LogP contribution is -2.56. The van der Waals surface area contributed by atoms with Crippen LogP contribution in [0.5, 0.6) is 0 Å². The smallest absolute Gasteiger partial charge is 0.235 e. The van der Waals surface area contributed by atoms with Crippen molar-refractivity contribution in [2.24, 2.45) is 11.1 Å². The Kier molecular flexibility index (Phi) is 3.45. The van der Waals surface area contributed by atoms with Gasteiger partial charge in [0.15, 0.2) is 0 Å². The molecule has 16 heavy (non-hydrogen) atoms. The number of nitrogens with zero attached hydrogens (tertiary/aromatic N) is 1. The van der Waals surface area contributed by atoms with Gasteiger partial charge in [-0.3, -0.25) is 4.79 Å². The Bertz CT molecular complexity index is 315. The van der Waals surface area contributed by atoms with Gasteiger partial charge in [0.2, 0.25) is 5.91 Å². The lowest BCUT2D eigenvalue weighted by atomic mass is 9.67. The monoisotopic (exact) mass is 258 g/mol. The van der Waals surface area contributed by atoms with Crippen molar-refractivity contribution in [3.05, 3.63) is 0 Å². The van der Waals surface area contributed by atoms with Crippen LogP contribution in [-0.2, 0) is 4.79 Å². The van der Waals surface area contributed by atoms with E-state index >= 15 is 0 Å². The van der Waals surface area contributed by atoms with Gasteiger partial charge in [-0.2, -0.15) is 11.8 Å². The van der Waals surface area contributed by atoms with Gasteiger partial charge in [0.1, 0.15) is 0 Å². The Balaban J connectivity index is 2.08. The van der Waals surface area contributed by atoms with Crippen LogP contribution < -0.4 is 5.73 Å². The number of thiocarbonyl (C=S) groups is 1. The van der Waals surface area contributed by atoms with Crippen molar-refractivity contribution in [1.29, 1.82) is 0 Å². The molecule has 1 aliphatic carbocycles. The van der Waals surface area contributed by atoms with E-state index in [4.69, 9.17) is 18.0 Å². The van der Waals surface area contributed by atoms with Crippen molar-refractivity contribution in [3.8, 4) is 0 Å². The highest BCUT2D eigenvalue weighted by molar-refractivity contribution is 7.99. The van der Waals surface area contributed by atoms with Gasteiger partial charge in [0, 0.05) is 24.1 Å². The Morgan fingerprint density at radius 2 is 2.25 bits per heavy atom. The minimum atomic E-state index is -0.489. The average Bonchev–Trinajstić information content (AvgIpc) is 2.15. The molecule has 0 aromatic heterocycles. The van der Waals surface area contributed by atoms with E-state index in [0.717, 1.165) is 38.1 Å². The predicted octanol–water partition coefficient (Wildman–Crippen LogP) is 1.41. The third-order valence-electron chi connectivity index (χ3n) is 3.62. The summed E-state index contributed by atoms with van der Waals surface area (Å²) in [6.07, 6.45) is 2.76. The first-order valence-electron chi connectivity index (χ1n) is 5.77. The molecule has 1 atom stereocenters. The highest BCUT2D eigenvalue weighted by atomic mass is 32.2. The van der Waals surface area contributed by atoms with Crippen molar-refractivity contribution in [2.45, 2.75) is 31.4 Å². The number of carbonyl (C=O) groups is 1. The molecule has 3 nitrogen and oxygen atoms in total. The minimum Gasteiger partial charge on any atom is -0.392 e. The molecule has 1 aliphatic heterocycles. The number of thioether (sulfide) groups is 1. The van der Waals surface area contributed by atoms with Gasteiger partial charge in [-0.25, -0.2) is 0 Å². The first kappa shape index (κ1) is 12.2. The van der Waals surface area contributed by atoms with Crippen molar-refractivity contribution in [3.63, 3.8) is 0 Å². The molecule has 0 aromatic rings. The molecule has 90 valence electrons. The van der Waals surface area contributed by atoms with Crippen LogP contribution in [0, 0.1) is 5.41 Å². The third-order valence-corrected chi connectivity index (χ3v) is 5.14. The maximum atomic E-state index is 12.4. The lowest BCUT2D eigenvalue weighted by molar-refractivity contribution is -0.141. The van der Waals surface area contributed by atoms with Crippen molar-refractivity contribution >= 4 is 34.9 Å². The standard InChI is InChI=1S/C11H18N2OS2/c1-8-7-13(5-6-16-8)10(14)11(9(12)15)3-2-4-11/h8H,2-7H2,1H3,(H2,12,15). The molecule has 2 N–H and O–H groups in total. The fraction of sp³-hybridized carbons (Fsp3) is 0.818. The van der Waals surface area contributed by atoms with Crippen LogP contribution in [0.1, 0.15) is 26.2 Å². The molecular formula is C11H18N2OS2. The van der Waals surface area contributed by atoms with Crippen LogP contribution >= 0.6 is 24.0 Å². The van der Waals surface area contributed by atoms with E-state index in [1.165, 1.54) is 0 Å². The van der Waals surface area contributed by atoms with E-state index < -0.39 is 5.41 Å². The normalized spacial score (nSPS) is 28.3. The summed E-state index contributed by atoms with van der Waals surface area (Å²) in [5, 5.41) is 0.529. The summed E-state index contributed by atoms with van der Waals surface area (Å²) in [6.45, 7) is 3.85. The fourth-order valence-corrected chi connectivity index (χ4v) is 3.71. The van der Waals surface area contributed by atoms with Crippen LogP contribution in [-0.4, -0.2) is 39.9 Å². The average molecular weight is 258 g/mol. The van der Waals surface area contributed by atoms with Crippen LogP contribution in [0.2, 0.25) is 0 Å². The maximum absolute atomic E-state index is 12.4. The summed E-state index contributed by atoms with van der Waals surface area (Å²) < 4.78 is 0. The number of hydrogen-bond donors (Lipinski definition) is 1.